The number of benzene rings is 1. The van der Waals surface area contributed by atoms with Crippen LogP contribution >= 0.6 is 11.6 Å². The van der Waals surface area contributed by atoms with Crippen LogP contribution in [0.25, 0.3) is 0 Å². The molecule has 0 amide bonds. The molecule has 1 aromatic heterocycles. The molecule has 0 saturated carbocycles. The average molecular weight is 250 g/mol. The highest BCUT2D eigenvalue weighted by Gasteiger charge is 2.00. The van der Waals surface area contributed by atoms with E-state index in [1.54, 1.807) is 7.11 Å². The number of halogens is 1. The van der Waals surface area contributed by atoms with Crippen molar-refractivity contribution < 1.29 is 4.74 Å². The molecule has 88 valence electrons. The molecule has 0 aliphatic carbocycles. The first-order valence-electron chi connectivity index (χ1n) is 5.09. The van der Waals surface area contributed by atoms with Crippen LogP contribution in [0.2, 0.25) is 5.28 Å². The summed E-state index contributed by atoms with van der Waals surface area (Å²) in [6, 6.07) is 9.39. The smallest absolute Gasteiger partial charge is 0.224 e. The number of rotatable bonds is 3. The molecule has 2 rings (SSSR count). The fraction of sp³-hybridized carbons (Fsp3) is 0.167. The molecule has 0 aliphatic rings. The lowest BCUT2D eigenvalue weighted by Crippen LogP contribution is -1.96. The van der Waals surface area contributed by atoms with E-state index in [0.29, 0.717) is 5.82 Å². The first kappa shape index (κ1) is 11.7. The molecule has 0 atom stereocenters. The second-order valence-corrected chi connectivity index (χ2v) is 3.86. The Morgan fingerprint density at radius 3 is 2.47 bits per heavy atom. The minimum atomic E-state index is 0.237. The summed E-state index contributed by atoms with van der Waals surface area (Å²) in [7, 11) is 1.63. The minimum absolute atomic E-state index is 0.237. The SMILES string of the molecule is COc1ccc(Nc2cc(C)nc(Cl)n2)cc1. The highest BCUT2D eigenvalue weighted by molar-refractivity contribution is 6.28. The van der Waals surface area contributed by atoms with E-state index < -0.39 is 0 Å². The first-order chi connectivity index (χ1) is 8.17. The van der Waals surface area contributed by atoms with Crippen LogP contribution in [0.4, 0.5) is 11.5 Å². The summed E-state index contributed by atoms with van der Waals surface area (Å²) in [5.74, 6) is 1.49. The number of ether oxygens (including phenoxy) is 1. The Hall–Kier alpha value is -1.81. The molecule has 4 nitrogen and oxygen atoms in total. The number of methoxy groups -OCH3 is 1. The number of nitrogens with zero attached hydrogens (tertiary/aromatic N) is 2. The van der Waals surface area contributed by atoms with E-state index >= 15 is 0 Å². The Kier molecular flexibility index (Phi) is 3.44. The minimum Gasteiger partial charge on any atom is -0.497 e. The van der Waals surface area contributed by atoms with Gasteiger partial charge in [-0.25, -0.2) is 9.97 Å². The van der Waals surface area contributed by atoms with E-state index in [1.165, 1.54) is 0 Å². The molecule has 0 bridgehead atoms. The summed E-state index contributed by atoms with van der Waals surface area (Å²) in [5.41, 5.74) is 1.74. The van der Waals surface area contributed by atoms with Crippen molar-refractivity contribution in [2.24, 2.45) is 0 Å². The summed E-state index contributed by atoms with van der Waals surface area (Å²) in [6.07, 6.45) is 0. The van der Waals surface area contributed by atoms with Crippen LogP contribution in [0.1, 0.15) is 5.69 Å². The van der Waals surface area contributed by atoms with Gasteiger partial charge in [0.25, 0.3) is 0 Å². The van der Waals surface area contributed by atoms with Gasteiger partial charge in [0.1, 0.15) is 11.6 Å². The number of aryl methyl sites for hydroxylation is 1. The van der Waals surface area contributed by atoms with Gasteiger partial charge in [0.2, 0.25) is 5.28 Å². The molecule has 1 N–H and O–H groups in total. The molecule has 0 spiro atoms. The van der Waals surface area contributed by atoms with Crippen molar-refractivity contribution in [2.45, 2.75) is 6.92 Å². The predicted octanol–water partition coefficient (Wildman–Crippen LogP) is 3.19. The Balaban J connectivity index is 2.19. The van der Waals surface area contributed by atoms with Gasteiger partial charge in [-0.1, -0.05) is 0 Å². The van der Waals surface area contributed by atoms with Crippen molar-refractivity contribution in [3.05, 3.63) is 41.3 Å². The predicted molar refractivity (Wildman–Crippen MR) is 68.1 cm³/mol. The van der Waals surface area contributed by atoms with Gasteiger partial charge in [-0.2, -0.15) is 0 Å². The molecule has 5 heteroatoms. The Bertz CT molecular complexity index is 493. The van der Waals surface area contributed by atoms with E-state index in [0.717, 1.165) is 17.1 Å². The Morgan fingerprint density at radius 1 is 1.18 bits per heavy atom. The molecule has 0 aliphatic heterocycles. The monoisotopic (exact) mass is 249 g/mol. The number of hydrogen-bond acceptors (Lipinski definition) is 4. The van der Waals surface area contributed by atoms with Gasteiger partial charge < -0.3 is 10.1 Å². The number of anilines is 2. The lowest BCUT2D eigenvalue weighted by Gasteiger charge is -2.07. The van der Waals surface area contributed by atoms with Gasteiger partial charge in [-0.3, -0.25) is 0 Å². The fourth-order valence-corrected chi connectivity index (χ4v) is 1.64. The standard InChI is InChI=1S/C12H12ClN3O/c1-8-7-11(16-12(13)14-8)15-9-3-5-10(17-2)6-4-9/h3-7H,1-2H3,(H,14,15,16). The van der Waals surface area contributed by atoms with Gasteiger partial charge in [0, 0.05) is 17.4 Å². The molecule has 1 aromatic carbocycles. The number of hydrogen-bond donors (Lipinski definition) is 1. The summed E-state index contributed by atoms with van der Waals surface area (Å²) in [6.45, 7) is 1.87. The van der Waals surface area contributed by atoms with Crippen molar-refractivity contribution in [1.29, 1.82) is 0 Å². The van der Waals surface area contributed by atoms with Crippen molar-refractivity contribution >= 4 is 23.1 Å². The highest BCUT2D eigenvalue weighted by Crippen LogP contribution is 2.19. The molecule has 0 radical (unpaired) electrons. The first-order valence-corrected chi connectivity index (χ1v) is 5.47. The zero-order chi connectivity index (χ0) is 12.3. The number of nitrogens with one attached hydrogen (secondary N) is 1. The second kappa shape index (κ2) is 5.01. The normalized spacial score (nSPS) is 10.1. The molecule has 2 aromatic rings. The third kappa shape index (κ3) is 3.07. The van der Waals surface area contributed by atoms with E-state index in [1.807, 2.05) is 37.3 Å². The van der Waals surface area contributed by atoms with E-state index in [-0.39, 0.29) is 5.28 Å². The summed E-state index contributed by atoms with van der Waals surface area (Å²) >= 11 is 5.78. The van der Waals surface area contributed by atoms with Crippen LogP contribution in [0, 0.1) is 6.92 Å². The topological polar surface area (TPSA) is 47.0 Å². The Labute approximate surface area is 105 Å². The van der Waals surface area contributed by atoms with E-state index in [2.05, 4.69) is 15.3 Å². The molecule has 0 unspecified atom stereocenters. The van der Waals surface area contributed by atoms with Crippen LogP contribution in [-0.2, 0) is 0 Å². The molecule has 1 heterocycles. The largest absolute Gasteiger partial charge is 0.497 e. The van der Waals surface area contributed by atoms with Crippen molar-refractivity contribution in [2.75, 3.05) is 12.4 Å². The van der Waals surface area contributed by atoms with Crippen LogP contribution in [0.3, 0.4) is 0 Å². The van der Waals surface area contributed by atoms with Gasteiger partial charge >= 0.3 is 0 Å². The zero-order valence-electron chi connectivity index (χ0n) is 9.57. The maximum absolute atomic E-state index is 5.78. The van der Waals surface area contributed by atoms with Crippen LogP contribution in [-0.4, -0.2) is 17.1 Å². The van der Waals surface area contributed by atoms with Crippen molar-refractivity contribution in [3.63, 3.8) is 0 Å². The maximum atomic E-state index is 5.78. The van der Waals surface area contributed by atoms with Gasteiger partial charge in [-0.15, -0.1) is 0 Å². The van der Waals surface area contributed by atoms with Gasteiger partial charge in [0.05, 0.1) is 7.11 Å². The third-order valence-electron chi connectivity index (χ3n) is 2.19. The number of aromatic nitrogens is 2. The van der Waals surface area contributed by atoms with E-state index in [4.69, 9.17) is 16.3 Å². The summed E-state index contributed by atoms with van der Waals surface area (Å²) in [5, 5.41) is 3.38. The second-order valence-electron chi connectivity index (χ2n) is 3.52. The molecule has 17 heavy (non-hydrogen) atoms. The third-order valence-corrected chi connectivity index (χ3v) is 2.36. The summed E-state index contributed by atoms with van der Waals surface area (Å²) in [4.78, 5) is 8.08. The van der Waals surface area contributed by atoms with E-state index in [9.17, 15) is 0 Å². The van der Waals surface area contributed by atoms with Gasteiger partial charge in [0.15, 0.2) is 0 Å². The lowest BCUT2D eigenvalue weighted by molar-refractivity contribution is 0.415. The molecular weight excluding hydrogens is 238 g/mol. The fourth-order valence-electron chi connectivity index (χ4n) is 1.42. The van der Waals surface area contributed by atoms with Crippen LogP contribution < -0.4 is 10.1 Å². The quantitative estimate of drug-likeness (QED) is 0.849. The Morgan fingerprint density at radius 2 is 1.88 bits per heavy atom. The molecular formula is C12H12ClN3O. The molecule has 0 fully saturated rings. The zero-order valence-corrected chi connectivity index (χ0v) is 10.3. The van der Waals surface area contributed by atoms with Crippen molar-refractivity contribution in [3.8, 4) is 5.75 Å². The highest BCUT2D eigenvalue weighted by atomic mass is 35.5. The average Bonchev–Trinajstić information content (AvgIpc) is 2.28. The molecule has 0 saturated heterocycles. The summed E-state index contributed by atoms with van der Waals surface area (Å²) < 4.78 is 5.08. The van der Waals surface area contributed by atoms with Crippen LogP contribution in [0.15, 0.2) is 30.3 Å². The van der Waals surface area contributed by atoms with Crippen molar-refractivity contribution in [1.82, 2.24) is 9.97 Å². The lowest BCUT2D eigenvalue weighted by atomic mass is 10.3. The van der Waals surface area contributed by atoms with Gasteiger partial charge in [-0.05, 0) is 42.8 Å². The maximum Gasteiger partial charge on any atom is 0.224 e. The van der Waals surface area contributed by atoms with Crippen LogP contribution in [0.5, 0.6) is 5.75 Å².